The summed E-state index contributed by atoms with van der Waals surface area (Å²) in [4.78, 5) is 6.25. The van der Waals surface area contributed by atoms with Gasteiger partial charge in [-0.3, -0.25) is 4.98 Å². The summed E-state index contributed by atoms with van der Waals surface area (Å²) in [6, 6.07) is 12.7. The van der Waals surface area contributed by atoms with Crippen LogP contribution in [0.5, 0.6) is 0 Å². The van der Waals surface area contributed by atoms with Crippen LogP contribution in [0.15, 0.2) is 48.8 Å². The van der Waals surface area contributed by atoms with Crippen molar-refractivity contribution in [3.05, 3.63) is 59.9 Å². The lowest BCUT2D eigenvalue weighted by molar-refractivity contribution is 0.919. The Morgan fingerprint density at radius 2 is 1.65 bits per heavy atom. The van der Waals surface area contributed by atoms with Crippen molar-refractivity contribution in [2.24, 2.45) is 0 Å². The van der Waals surface area contributed by atoms with E-state index in [1.807, 2.05) is 24.5 Å². The minimum atomic E-state index is 0.899. The topological polar surface area (TPSA) is 16.1 Å². The largest absolute Gasteiger partial charge is 0.370 e. The first-order valence-electron chi connectivity index (χ1n) is 5.54. The smallest absolute Gasteiger partial charge is 0.0427 e. The number of hydrogen-bond donors (Lipinski definition) is 0. The number of nitrogens with zero attached hydrogens (tertiary/aromatic N) is 2. The van der Waals surface area contributed by atoms with Crippen LogP contribution in [0.4, 0.5) is 5.69 Å². The fourth-order valence-corrected chi connectivity index (χ4v) is 2.07. The van der Waals surface area contributed by atoms with Gasteiger partial charge in [0.2, 0.25) is 0 Å². The molecule has 1 heterocycles. The number of halogens is 1. The fraction of sp³-hybridized carbons (Fsp3) is 0.214. The minimum absolute atomic E-state index is 0.899. The van der Waals surface area contributed by atoms with Crippen molar-refractivity contribution in [1.82, 2.24) is 4.98 Å². The molecule has 0 radical (unpaired) electrons. The zero-order valence-corrected chi connectivity index (χ0v) is 11.4. The molecule has 0 saturated carbocycles. The van der Waals surface area contributed by atoms with E-state index in [9.17, 15) is 0 Å². The Morgan fingerprint density at radius 3 is 2.24 bits per heavy atom. The molecule has 2 aromatic rings. The Balaban J connectivity index is 2.06. The Kier molecular flexibility index (Phi) is 4.15. The molecule has 0 unspecified atom stereocenters. The van der Waals surface area contributed by atoms with Gasteiger partial charge < -0.3 is 4.90 Å². The lowest BCUT2D eigenvalue weighted by Crippen LogP contribution is -2.16. The van der Waals surface area contributed by atoms with E-state index < -0.39 is 0 Å². The number of anilines is 1. The molecule has 0 aliphatic carbocycles. The second kappa shape index (κ2) is 5.82. The maximum absolute atomic E-state index is 4.02. The van der Waals surface area contributed by atoms with Gasteiger partial charge in [-0.25, -0.2) is 0 Å². The highest BCUT2D eigenvalue weighted by atomic mass is 79.9. The summed E-state index contributed by atoms with van der Waals surface area (Å²) in [7, 11) is 2.10. The summed E-state index contributed by atoms with van der Waals surface area (Å²) in [5, 5.41) is 0.904. The standard InChI is InChI=1S/C14H15BrN2/c1-17(11-13-6-8-16-9-7-13)14-4-2-12(10-15)3-5-14/h2-9H,10-11H2,1H3. The van der Waals surface area contributed by atoms with E-state index in [1.165, 1.54) is 16.8 Å². The maximum Gasteiger partial charge on any atom is 0.0427 e. The van der Waals surface area contributed by atoms with Gasteiger partial charge in [0.25, 0.3) is 0 Å². The molecule has 2 nitrogen and oxygen atoms in total. The van der Waals surface area contributed by atoms with Crippen molar-refractivity contribution in [3.8, 4) is 0 Å². The molecule has 0 saturated heterocycles. The third kappa shape index (κ3) is 3.30. The predicted molar refractivity (Wildman–Crippen MR) is 75.4 cm³/mol. The van der Waals surface area contributed by atoms with Crippen LogP contribution in [0.2, 0.25) is 0 Å². The lowest BCUT2D eigenvalue weighted by Gasteiger charge is -2.19. The van der Waals surface area contributed by atoms with Gasteiger partial charge in [-0.2, -0.15) is 0 Å². The van der Waals surface area contributed by atoms with Gasteiger partial charge in [0, 0.05) is 37.0 Å². The monoisotopic (exact) mass is 290 g/mol. The first kappa shape index (κ1) is 12.1. The Labute approximate surface area is 110 Å². The van der Waals surface area contributed by atoms with Gasteiger partial charge in [-0.15, -0.1) is 0 Å². The molecule has 0 amide bonds. The van der Waals surface area contributed by atoms with Gasteiger partial charge in [-0.05, 0) is 35.4 Å². The quantitative estimate of drug-likeness (QED) is 0.800. The maximum atomic E-state index is 4.02. The molecule has 0 bridgehead atoms. The van der Waals surface area contributed by atoms with Crippen molar-refractivity contribution in [2.75, 3.05) is 11.9 Å². The number of pyridine rings is 1. The van der Waals surface area contributed by atoms with Crippen LogP contribution >= 0.6 is 15.9 Å². The zero-order valence-electron chi connectivity index (χ0n) is 9.81. The average Bonchev–Trinajstić information content (AvgIpc) is 2.40. The van der Waals surface area contributed by atoms with E-state index in [2.05, 4.69) is 57.1 Å². The summed E-state index contributed by atoms with van der Waals surface area (Å²) in [6.45, 7) is 0.899. The van der Waals surface area contributed by atoms with Gasteiger partial charge in [-0.1, -0.05) is 28.1 Å². The Bertz CT molecular complexity index is 453. The highest BCUT2D eigenvalue weighted by molar-refractivity contribution is 9.08. The molecule has 0 spiro atoms. The van der Waals surface area contributed by atoms with Crippen molar-refractivity contribution >= 4 is 21.6 Å². The summed E-state index contributed by atoms with van der Waals surface area (Å²) in [6.07, 6.45) is 3.66. The summed E-state index contributed by atoms with van der Waals surface area (Å²) >= 11 is 3.45. The van der Waals surface area contributed by atoms with Crippen molar-refractivity contribution in [1.29, 1.82) is 0 Å². The second-order valence-electron chi connectivity index (χ2n) is 4.01. The molecule has 0 N–H and O–H groups in total. The van der Waals surface area contributed by atoms with E-state index in [0.29, 0.717) is 0 Å². The van der Waals surface area contributed by atoms with E-state index >= 15 is 0 Å². The highest BCUT2D eigenvalue weighted by Gasteiger charge is 2.01. The van der Waals surface area contributed by atoms with E-state index in [0.717, 1.165) is 11.9 Å². The number of benzene rings is 1. The molecule has 0 atom stereocenters. The van der Waals surface area contributed by atoms with Crippen LogP contribution in [-0.4, -0.2) is 12.0 Å². The van der Waals surface area contributed by atoms with Gasteiger partial charge >= 0.3 is 0 Å². The highest BCUT2D eigenvalue weighted by Crippen LogP contribution is 2.17. The number of aromatic nitrogens is 1. The molecule has 88 valence electrons. The molecule has 1 aromatic heterocycles. The molecule has 2 rings (SSSR count). The number of alkyl halides is 1. The lowest BCUT2D eigenvalue weighted by atomic mass is 10.2. The second-order valence-corrected chi connectivity index (χ2v) is 4.57. The predicted octanol–water partition coefficient (Wildman–Crippen LogP) is 3.61. The molecule has 0 aliphatic heterocycles. The third-order valence-corrected chi connectivity index (χ3v) is 3.35. The molecule has 3 heteroatoms. The molecule has 0 fully saturated rings. The van der Waals surface area contributed by atoms with Crippen molar-refractivity contribution in [2.45, 2.75) is 11.9 Å². The van der Waals surface area contributed by atoms with E-state index in [-0.39, 0.29) is 0 Å². The molecule has 0 aliphatic rings. The molecular weight excluding hydrogens is 276 g/mol. The first-order chi connectivity index (χ1) is 8.29. The van der Waals surface area contributed by atoms with Crippen molar-refractivity contribution < 1.29 is 0 Å². The van der Waals surface area contributed by atoms with E-state index in [4.69, 9.17) is 0 Å². The summed E-state index contributed by atoms with van der Waals surface area (Å²) in [5.41, 5.74) is 3.80. The van der Waals surface area contributed by atoms with Crippen LogP contribution in [0.25, 0.3) is 0 Å². The zero-order chi connectivity index (χ0) is 12.1. The summed E-state index contributed by atoms with van der Waals surface area (Å²) in [5.74, 6) is 0. The minimum Gasteiger partial charge on any atom is -0.370 e. The van der Waals surface area contributed by atoms with Gasteiger partial charge in [0.15, 0.2) is 0 Å². The first-order valence-corrected chi connectivity index (χ1v) is 6.66. The number of rotatable bonds is 4. The molecule has 17 heavy (non-hydrogen) atoms. The van der Waals surface area contributed by atoms with Gasteiger partial charge in [0.1, 0.15) is 0 Å². The average molecular weight is 291 g/mol. The fourth-order valence-electron chi connectivity index (χ4n) is 1.69. The van der Waals surface area contributed by atoms with Gasteiger partial charge in [0.05, 0.1) is 0 Å². The SMILES string of the molecule is CN(Cc1ccncc1)c1ccc(CBr)cc1. The van der Waals surface area contributed by atoms with E-state index in [1.54, 1.807) is 0 Å². The normalized spacial score (nSPS) is 10.2. The van der Waals surface area contributed by atoms with Crippen LogP contribution in [0.1, 0.15) is 11.1 Å². The van der Waals surface area contributed by atoms with Crippen LogP contribution in [0.3, 0.4) is 0 Å². The van der Waals surface area contributed by atoms with Crippen LogP contribution < -0.4 is 4.90 Å². The third-order valence-electron chi connectivity index (χ3n) is 2.70. The van der Waals surface area contributed by atoms with Crippen molar-refractivity contribution in [3.63, 3.8) is 0 Å². The van der Waals surface area contributed by atoms with Crippen LogP contribution in [-0.2, 0) is 11.9 Å². The summed E-state index contributed by atoms with van der Waals surface area (Å²) < 4.78 is 0. The molecule has 1 aromatic carbocycles. The molecular formula is C14H15BrN2. The van der Waals surface area contributed by atoms with Crippen LogP contribution in [0, 0.1) is 0 Å². The number of hydrogen-bond acceptors (Lipinski definition) is 2. The Morgan fingerprint density at radius 1 is 1.00 bits per heavy atom. The Hall–Kier alpha value is -1.35.